The fourth-order valence-corrected chi connectivity index (χ4v) is 4.83. The van der Waals surface area contributed by atoms with E-state index < -0.39 is 17.9 Å². The average molecular weight is 628 g/mol. The van der Waals surface area contributed by atoms with Gasteiger partial charge in [-0.1, -0.05) is 6.42 Å². The first-order valence-corrected chi connectivity index (χ1v) is 14.8. The highest BCUT2D eigenvalue weighted by Gasteiger charge is 2.23. The van der Waals surface area contributed by atoms with Crippen LogP contribution in [0, 0.1) is 0 Å². The van der Waals surface area contributed by atoms with Crippen molar-refractivity contribution in [2.45, 2.75) is 25.7 Å². The summed E-state index contributed by atoms with van der Waals surface area (Å²) in [5.74, 6) is -4.03. The molecule has 2 rings (SSSR count). The predicted octanol–water partition coefficient (Wildman–Crippen LogP) is -1.49. The smallest absolute Gasteiger partial charge is 0.317 e. The summed E-state index contributed by atoms with van der Waals surface area (Å²) in [6, 6.07) is 0. The summed E-state index contributed by atoms with van der Waals surface area (Å²) in [5, 5.41) is 28.0. The zero-order valence-electron chi connectivity index (χ0n) is 25.1. The number of carboxylic acid groups (broad SMARTS) is 3. The third kappa shape index (κ3) is 15.9. The minimum atomic E-state index is -0.999. The number of carboxylic acids is 3. The van der Waals surface area contributed by atoms with Crippen LogP contribution in [-0.2, 0) is 38.2 Å². The Labute approximate surface area is 256 Å². The molecule has 0 unspecified atom stereocenters. The van der Waals surface area contributed by atoms with Crippen LogP contribution in [0.4, 0.5) is 0 Å². The number of hydrogen-bond acceptors (Lipinski definition) is 12. The minimum Gasteiger partial charge on any atom is -0.480 e. The highest BCUT2D eigenvalue weighted by Crippen LogP contribution is 2.07. The van der Waals surface area contributed by atoms with Crippen molar-refractivity contribution in [2.75, 3.05) is 105 Å². The topological polar surface area (TPSA) is 198 Å². The summed E-state index contributed by atoms with van der Waals surface area (Å²) >= 11 is 0. The van der Waals surface area contributed by atoms with Crippen LogP contribution in [-0.4, -0.2) is 180 Å². The number of rotatable bonds is 18. The van der Waals surface area contributed by atoms with Gasteiger partial charge in [-0.3, -0.25) is 48.4 Å². The van der Waals surface area contributed by atoms with Gasteiger partial charge >= 0.3 is 23.9 Å². The molecule has 0 aromatic carbocycles. The van der Waals surface area contributed by atoms with Gasteiger partial charge in [-0.2, -0.15) is 0 Å². The first-order chi connectivity index (χ1) is 21.0. The zero-order valence-corrected chi connectivity index (χ0v) is 25.1. The van der Waals surface area contributed by atoms with Gasteiger partial charge in [-0.05, 0) is 19.4 Å². The number of unbranched alkanes of at least 4 members (excludes halogenated alkanes) is 2. The summed E-state index contributed by atoms with van der Waals surface area (Å²) in [6.07, 6.45) is 4.81. The molecule has 2 aliphatic heterocycles. The third-order valence-corrected chi connectivity index (χ3v) is 7.21. The molecule has 16 nitrogen and oxygen atoms in total. The SMILES string of the molecule is O=C(O)CN1CCN(CCCCCC(=O)OCCOCCN2C(=O)C=CC2=O)CCN(CC(=O)O)CCN(CC(=O)O)CC1. The van der Waals surface area contributed by atoms with Gasteiger partial charge in [0, 0.05) is 70.9 Å². The number of esters is 1. The van der Waals surface area contributed by atoms with Gasteiger partial charge in [0.15, 0.2) is 0 Å². The summed E-state index contributed by atoms with van der Waals surface area (Å²) in [7, 11) is 0. The molecule has 248 valence electrons. The van der Waals surface area contributed by atoms with E-state index in [1.165, 1.54) is 12.2 Å². The van der Waals surface area contributed by atoms with E-state index in [-0.39, 0.29) is 70.2 Å². The molecular weight excluding hydrogens is 582 g/mol. The molecule has 44 heavy (non-hydrogen) atoms. The number of nitrogens with zero attached hydrogens (tertiary/aromatic N) is 5. The van der Waals surface area contributed by atoms with E-state index in [0.717, 1.165) is 17.7 Å². The molecule has 0 atom stereocenters. The largest absolute Gasteiger partial charge is 0.480 e. The van der Waals surface area contributed by atoms with Crippen molar-refractivity contribution in [3.8, 4) is 0 Å². The van der Waals surface area contributed by atoms with Gasteiger partial charge in [-0.25, -0.2) is 0 Å². The number of carbonyl (C=O) groups is 6. The summed E-state index contributed by atoms with van der Waals surface area (Å²) in [6.45, 7) is 4.14. The van der Waals surface area contributed by atoms with E-state index in [1.807, 2.05) is 0 Å². The van der Waals surface area contributed by atoms with Gasteiger partial charge in [0.05, 0.1) is 39.4 Å². The Balaban J connectivity index is 1.73. The lowest BCUT2D eigenvalue weighted by Gasteiger charge is -2.33. The standard InChI is InChI=1S/C28H45N5O11/c34-23-5-6-24(35)33(23)16-17-43-18-19-44-28(42)4-2-1-3-7-29-8-10-30(20-25(36)37)12-14-32(22-27(40)41)15-13-31(11-9-29)21-26(38)39/h5-6H,1-4,7-22H2,(H,36,37)(H,38,39)(H,40,41). The van der Waals surface area contributed by atoms with Crippen molar-refractivity contribution in [1.82, 2.24) is 24.5 Å². The van der Waals surface area contributed by atoms with Crippen molar-refractivity contribution in [2.24, 2.45) is 0 Å². The Kier molecular flexibility index (Phi) is 17.1. The van der Waals surface area contributed by atoms with Crippen LogP contribution >= 0.6 is 0 Å². The monoisotopic (exact) mass is 627 g/mol. The highest BCUT2D eigenvalue weighted by atomic mass is 16.6. The number of carbonyl (C=O) groups excluding carboxylic acids is 3. The normalized spacial score (nSPS) is 18.2. The number of hydrogen-bond donors (Lipinski definition) is 3. The lowest BCUT2D eigenvalue weighted by atomic mass is 10.2. The minimum absolute atomic E-state index is 0.0699. The number of ether oxygens (including phenoxy) is 2. The Bertz CT molecular complexity index is 958. The van der Waals surface area contributed by atoms with Gasteiger partial charge in [0.2, 0.25) is 0 Å². The van der Waals surface area contributed by atoms with E-state index in [9.17, 15) is 44.1 Å². The second-order valence-corrected chi connectivity index (χ2v) is 10.7. The van der Waals surface area contributed by atoms with Gasteiger partial charge in [-0.15, -0.1) is 0 Å². The van der Waals surface area contributed by atoms with Crippen molar-refractivity contribution >= 4 is 35.7 Å². The first kappa shape index (κ1) is 36.8. The van der Waals surface area contributed by atoms with Gasteiger partial charge in [0.1, 0.15) is 6.61 Å². The number of imide groups is 1. The second-order valence-electron chi connectivity index (χ2n) is 10.7. The fourth-order valence-electron chi connectivity index (χ4n) is 4.83. The summed E-state index contributed by atoms with van der Waals surface area (Å²) in [4.78, 5) is 77.6. The second kappa shape index (κ2) is 20.5. The summed E-state index contributed by atoms with van der Waals surface area (Å²) in [5.41, 5.74) is 0. The molecule has 1 fully saturated rings. The van der Waals surface area contributed by atoms with E-state index in [4.69, 9.17) is 9.47 Å². The van der Waals surface area contributed by atoms with Crippen molar-refractivity contribution in [3.63, 3.8) is 0 Å². The van der Waals surface area contributed by atoms with Crippen LogP contribution in [0.15, 0.2) is 12.2 Å². The van der Waals surface area contributed by atoms with Gasteiger partial charge < -0.3 is 29.7 Å². The molecule has 2 aliphatic rings. The Morgan fingerprint density at radius 3 is 1.50 bits per heavy atom. The number of aliphatic carboxylic acids is 3. The maximum absolute atomic E-state index is 12.0. The Hall–Kier alpha value is -3.44. The van der Waals surface area contributed by atoms with E-state index in [2.05, 4.69) is 4.90 Å². The van der Waals surface area contributed by atoms with Gasteiger partial charge in [0.25, 0.3) is 11.8 Å². The molecule has 3 N–H and O–H groups in total. The van der Waals surface area contributed by atoms with Crippen molar-refractivity contribution in [3.05, 3.63) is 12.2 Å². The molecule has 0 radical (unpaired) electrons. The first-order valence-electron chi connectivity index (χ1n) is 14.8. The molecule has 0 spiro atoms. The molecule has 0 aromatic rings. The molecule has 0 bridgehead atoms. The van der Waals surface area contributed by atoms with E-state index in [0.29, 0.717) is 65.3 Å². The number of amides is 2. The molecule has 0 saturated carbocycles. The lowest BCUT2D eigenvalue weighted by Crippen LogP contribution is -2.48. The van der Waals surface area contributed by atoms with E-state index >= 15 is 0 Å². The van der Waals surface area contributed by atoms with Crippen LogP contribution in [0.25, 0.3) is 0 Å². The highest BCUT2D eigenvalue weighted by molar-refractivity contribution is 6.12. The van der Waals surface area contributed by atoms with Crippen LogP contribution < -0.4 is 0 Å². The van der Waals surface area contributed by atoms with Crippen LogP contribution in [0.5, 0.6) is 0 Å². The van der Waals surface area contributed by atoms with Crippen molar-refractivity contribution in [1.29, 1.82) is 0 Å². The molecule has 0 aliphatic carbocycles. The van der Waals surface area contributed by atoms with Crippen molar-refractivity contribution < 1.29 is 53.6 Å². The zero-order chi connectivity index (χ0) is 32.3. The van der Waals surface area contributed by atoms with Crippen LogP contribution in [0.1, 0.15) is 25.7 Å². The molecule has 2 heterocycles. The Morgan fingerprint density at radius 1 is 0.591 bits per heavy atom. The lowest BCUT2D eigenvalue weighted by molar-refractivity contribution is -0.145. The molecule has 0 aromatic heterocycles. The quantitative estimate of drug-likeness (QED) is 0.0901. The van der Waals surface area contributed by atoms with Crippen LogP contribution in [0.2, 0.25) is 0 Å². The molecular formula is C28H45N5O11. The Morgan fingerprint density at radius 2 is 1.05 bits per heavy atom. The maximum Gasteiger partial charge on any atom is 0.317 e. The molecule has 1 saturated heterocycles. The molecule has 2 amide bonds. The predicted molar refractivity (Wildman–Crippen MR) is 155 cm³/mol. The third-order valence-electron chi connectivity index (χ3n) is 7.21. The fraction of sp³-hybridized carbons (Fsp3) is 0.714. The summed E-state index contributed by atoms with van der Waals surface area (Å²) < 4.78 is 10.5. The average Bonchev–Trinajstić information content (AvgIpc) is 3.27. The molecule has 16 heteroatoms. The van der Waals surface area contributed by atoms with E-state index in [1.54, 1.807) is 14.7 Å². The maximum atomic E-state index is 12.0. The van der Waals surface area contributed by atoms with Crippen LogP contribution in [0.3, 0.4) is 0 Å².